The second kappa shape index (κ2) is 9.33. The number of benzene rings is 1. The van der Waals surface area contributed by atoms with Crippen molar-refractivity contribution in [1.29, 1.82) is 0 Å². The molecule has 2 amide bonds. The quantitative estimate of drug-likeness (QED) is 0.466. The van der Waals surface area contributed by atoms with Crippen LogP contribution < -0.4 is 10.9 Å². The monoisotopic (exact) mass is 402 g/mol. The highest BCUT2D eigenvalue weighted by atomic mass is 32.2. The van der Waals surface area contributed by atoms with Gasteiger partial charge >= 0.3 is 0 Å². The molecule has 3 rings (SSSR count). The number of carbonyl (C=O) groups is 2. The lowest BCUT2D eigenvalue weighted by Gasteiger charge is -2.06. The number of thioether (sulfide) groups is 1. The van der Waals surface area contributed by atoms with Crippen molar-refractivity contribution in [3.8, 4) is 10.7 Å². The average Bonchev–Trinajstić information content (AvgIpc) is 3.35. The molecule has 0 spiro atoms. The largest absolute Gasteiger partial charge is 0.339 e. The molecule has 1 aromatic carbocycles. The minimum absolute atomic E-state index is 0.136. The van der Waals surface area contributed by atoms with Gasteiger partial charge in [-0.1, -0.05) is 28.9 Å². The molecule has 0 radical (unpaired) electrons. The topological polar surface area (TPSA) is 97.1 Å². The SMILES string of the molecule is Cc1ccc(SCC(=O)NNC(=O)CCc2nc(-c3cccs3)no2)cc1. The van der Waals surface area contributed by atoms with E-state index < -0.39 is 0 Å². The minimum Gasteiger partial charge on any atom is -0.339 e. The summed E-state index contributed by atoms with van der Waals surface area (Å²) in [5.41, 5.74) is 5.96. The number of amides is 2. The first-order valence-corrected chi connectivity index (χ1v) is 10.1. The van der Waals surface area contributed by atoms with E-state index in [4.69, 9.17) is 4.52 Å². The van der Waals surface area contributed by atoms with E-state index in [1.54, 1.807) is 0 Å². The van der Waals surface area contributed by atoms with Crippen LogP contribution in [0.3, 0.4) is 0 Å². The van der Waals surface area contributed by atoms with Gasteiger partial charge in [0, 0.05) is 17.7 Å². The molecule has 27 heavy (non-hydrogen) atoms. The fourth-order valence-corrected chi connectivity index (χ4v) is 3.45. The lowest BCUT2D eigenvalue weighted by molar-refractivity contribution is -0.127. The van der Waals surface area contributed by atoms with Gasteiger partial charge < -0.3 is 4.52 Å². The Morgan fingerprint density at radius 2 is 1.93 bits per heavy atom. The molecule has 0 saturated heterocycles. The van der Waals surface area contributed by atoms with Gasteiger partial charge in [-0.05, 0) is 30.5 Å². The number of carbonyl (C=O) groups excluding carboxylic acids is 2. The second-order valence-corrected chi connectivity index (χ2v) is 7.68. The Kier molecular flexibility index (Phi) is 6.61. The summed E-state index contributed by atoms with van der Waals surface area (Å²) in [4.78, 5) is 29.8. The van der Waals surface area contributed by atoms with Crippen molar-refractivity contribution in [2.45, 2.75) is 24.7 Å². The van der Waals surface area contributed by atoms with Crippen molar-refractivity contribution in [3.63, 3.8) is 0 Å². The van der Waals surface area contributed by atoms with Crippen molar-refractivity contribution >= 4 is 34.9 Å². The van der Waals surface area contributed by atoms with E-state index in [1.165, 1.54) is 28.7 Å². The Labute approximate surface area is 164 Å². The molecule has 3 aromatic rings. The van der Waals surface area contributed by atoms with E-state index in [0.717, 1.165) is 9.77 Å². The van der Waals surface area contributed by atoms with Crippen LogP contribution in [0.1, 0.15) is 17.9 Å². The predicted molar refractivity (Wildman–Crippen MR) is 104 cm³/mol. The van der Waals surface area contributed by atoms with Crippen LogP contribution in [0.5, 0.6) is 0 Å². The molecule has 0 aliphatic carbocycles. The third-order valence-electron chi connectivity index (χ3n) is 3.51. The van der Waals surface area contributed by atoms with Crippen LogP contribution in [0.15, 0.2) is 51.2 Å². The molecule has 0 saturated carbocycles. The molecule has 0 unspecified atom stereocenters. The van der Waals surface area contributed by atoms with Crippen LogP contribution in [0.2, 0.25) is 0 Å². The first-order valence-electron chi connectivity index (χ1n) is 8.24. The highest BCUT2D eigenvalue weighted by Gasteiger charge is 2.12. The van der Waals surface area contributed by atoms with Gasteiger partial charge in [-0.15, -0.1) is 23.1 Å². The van der Waals surface area contributed by atoms with Gasteiger partial charge in [0.05, 0.1) is 10.6 Å². The lowest BCUT2D eigenvalue weighted by Crippen LogP contribution is -2.42. The fraction of sp³-hybridized carbons (Fsp3) is 0.222. The highest BCUT2D eigenvalue weighted by Crippen LogP contribution is 2.21. The molecule has 140 valence electrons. The third kappa shape index (κ3) is 5.93. The maximum Gasteiger partial charge on any atom is 0.248 e. The third-order valence-corrected chi connectivity index (χ3v) is 5.39. The van der Waals surface area contributed by atoms with Gasteiger partial charge in [-0.3, -0.25) is 20.4 Å². The number of aromatic nitrogens is 2. The second-order valence-electron chi connectivity index (χ2n) is 5.69. The average molecular weight is 403 g/mol. The molecule has 0 aliphatic heterocycles. The Balaban J connectivity index is 1.35. The molecule has 2 aromatic heterocycles. The molecular weight excluding hydrogens is 384 g/mol. The smallest absolute Gasteiger partial charge is 0.248 e. The summed E-state index contributed by atoms with van der Waals surface area (Å²) < 4.78 is 5.14. The predicted octanol–water partition coefficient (Wildman–Crippen LogP) is 2.98. The zero-order chi connectivity index (χ0) is 19.1. The normalized spacial score (nSPS) is 10.6. The number of hydrogen-bond acceptors (Lipinski definition) is 7. The molecule has 2 heterocycles. The number of nitrogens with zero attached hydrogens (tertiary/aromatic N) is 2. The molecular formula is C18H18N4O3S2. The van der Waals surface area contributed by atoms with E-state index in [9.17, 15) is 9.59 Å². The van der Waals surface area contributed by atoms with Gasteiger partial charge in [0.25, 0.3) is 0 Å². The van der Waals surface area contributed by atoms with Crippen LogP contribution in [0.25, 0.3) is 10.7 Å². The first kappa shape index (κ1) is 19.1. The van der Waals surface area contributed by atoms with Crippen LogP contribution in [0, 0.1) is 6.92 Å². The first-order chi connectivity index (χ1) is 13.1. The molecule has 0 bridgehead atoms. The number of hydrazine groups is 1. The van der Waals surface area contributed by atoms with E-state index in [0.29, 0.717) is 18.1 Å². The maximum atomic E-state index is 11.8. The highest BCUT2D eigenvalue weighted by molar-refractivity contribution is 8.00. The molecule has 2 N–H and O–H groups in total. The number of rotatable bonds is 7. The number of thiophene rings is 1. The minimum atomic E-state index is -0.320. The Morgan fingerprint density at radius 3 is 2.67 bits per heavy atom. The zero-order valence-corrected chi connectivity index (χ0v) is 16.2. The van der Waals surface area contributed by atoms with Gasteiger partial charge in [0.1, 0.15) is 0 Å². The number of aryl methyl sites for hydroxylation is 2. The van der Waals surface area contributed by atoms with Gasteiger partial charge in [-0.2, -0.15) is 4.98 Å². The Bertz CT molecular complexity index is 892. The summed E-state index contributed by atoms with van der Waals surface area (Å²) >= 11 is 2.92. The zero-order valence-electron chi connectivity index (χ0n) is 14.6. The molecule has 7 nitrogen and oxygen atoms in total. The van der Waals surface area contributed by atoms with Gasteiger partial charge in [0.2, 0.25) is 23.5 Å². The fourth-order valence-electron chi connectivity index (χ4n) is 2.10. The van der Waals surface area contributed by atoms with Gasteiger partial charge in [-0.25, -0.2) is 0 Å². The van der Waals surface area contributed by atoms with E-state index in [1.807, 2.05) is 48.7 Å². The lowest BCUT2D eigenvalue weighted by atomic mass is 10.2. The van der Waals surface area contributed by atoms with Crippen LogP contribution in [-0.4, -0.2) is 27.7 Å². The van der Waals surface area contributed by atoms with E-state index in [-0.39, 0.29) is 24.0 Å². The number of nitrogens with one attached hydrogen (secondary N) is 2. The van der Waals surface area contributed by atoms with Crippen molar-refractivity contribution in [3.05, 3.63) is 53.2 Å². The summed E-state index contributed by atoms with van der Waals surface area (Å²) in [6.07, 6.45) is 0.440. The summed E-state index contributed by atoms with van der Waals surface area (Å²) in [5.74, 6) is 0.528. The maximum absolute atomic E-state index is 11.8. The molecule has 0 atom stereocenters. The van der Waals surface area contributed by atoms with Crippen molar-refractivity contribution in [2.24, 2.45) is 0 Å². The van der Waals surface area contributed by atoms with Crippen molar-refractivity contribution in [1.82, 2.24) is 21.0 Å². The Morgan fingerprint density at radius 1 is 1.15 bits per heavy atom. The summed E-state index contributed by atoms with van der Waals surface area (Å²) in [7, 11) is 0. The van der Waals surface area contributed by atoms with E-state index >= 15 is 0 Å². The summed E-state index contributed by atoms with van der Waals surface area (Å²) in [6, 6.07) is 11.7. The molecule has 0 fully saturated rings. The van der Waals surface area contributed by atoms with E-state index in [2.05, 4.69) is 21.0 Å². The summed E-state index contributed by atoms with van der Waals surface area (Å²) in [6.45, 7) is 2.01. The van der Waals surface area contributed by atoms with Crippen LogP contribution in [-0.2, 0) is 16.0 Å². The summed E-state index contributed by atoms with van der Waals surface area (Å²) in [5, 5.41) is 5.82. The Hall–Kier alpha value is -2.65. The van der Waals surface area contributed by atoms with Crippen LogP contribution in [0.4, 0.5) is 0 Å². The standard InChI is InChI=1S/C18H18N4O3S2/c1-12-4-6-13(7-5-12)27-11-16(24)21-20-15(23)8-9-17-19-18(22-25-17)14-3-2-10-26-14/h2-7,10H,8-9,11H2,1H3,(H,20,23)(H,21,24). The van der Waals surface area contributed by atoms with Gasteiger partial charge in [0.15, 0.2) is 0 Å². The van der Waals surface area contributed by atoms with Crippen molar-refractivity contribution in [2.75, 3.05) is 5.75 Å². The van der Waals surface area contributed by atoms with Crippen molar-refractivity contribution < 1.29 is 14.1 Å². The van der Waals surface area contributed by atoms with Crippen LogP contribution >= 0.6 is 23.1 Å². The number of hydrogen-bond donors (Lipinski definition) is 2. The molecule has 9 heteroatoms. The molecule has 0 aliphatic rings.